The van der Waals surface area contributed by atoms with E-state index < -0.39 is 0 Å². The van der Waals surface area contributed by atoms with Crippen LogP contribution in [0.1, 0.15) is 96.3 Å². The minimum Gasteiger partial charge on any atom is -0.303 e. The van der Waals surface area contributed by atoms with Crippen LogP contribution in [0, 0.1) is 0 Å². The van der Waals surface area contributed by atoms with Gasteiger partial charge in [-0.15, -0.1) is 0 Å². The summed E-state index contributed by atoms with van der Waals surface area (Å²) in [5.41, 5.74) is 0. The molecule has 0 amide bonds. The first-order valence-corrected chi connectivity index (χ1v) is 8.54. The molecule has 2 nitrogen and oxygen atoms in total. The number of rotatable bonds is 16. The number of carbonyl (C=O) groups excluding carboxylic acids is 2. The molecule has 0 radical (unpaired) electrons. The Morgan fingerprint density at radius 2 is 0.900 bits per heavy atom. The monoisotopic (exact) mass is 280 g/mol. The molecule has 2 heteroatoms. The predicted molar refractivity (Wildman–Crippen MR) is 85.6 cm³/mol. The first-order chi connectivity index (χ1) is 9.91. The van der Waals surface area contributed by atoms with Crippen molar-refractivity contribution in [2.75, 3.05) is 0 Å². The van der Waals surface area contributed by atoms with Gasteiger partial charge >= 0.3 is 0 Å². The van der Waals surface area contributed by atoms with Gasteiger partial charge in [0.15, 0.2) is 0 Å². The van der Waals surface area contributed by atoms with Crippen LogP contribution in [0.3, 0.4) is 0 Å². The van der Waals surface area contributed by atoms with E-state index in [0.717, 1.165) is 32.0 Å². The summed E-state index contributed by atoms with van der Waals surface area (Å²) in [6.07, 6.45) is 21.1. The van der Waals surface area contributed by atoms with Crippen LogP contribution in [0.15, 0.2) is 6.08 Å². The fourth-order valence-electron chi connectivity index (χ4n) is 2.48. The smallest absolute Gasteiger partial charge is 0.120 e. The molecular weight excluding hydrogens is 248 g/mol. The molecule has 0 spiro atoms. The average molecular weight is 280 g/mol. The summed E-state index contributed by atoms with van der Waals surface area (Å²) < 4.78 is 0. The summed E-state index contributed by atoms with van der Waals surface area (Å²) in [6, 6.07) is 0. The van der Waals surface area contributed by atoms with Crippen molar-refractivity contribution in [3.8, 4) is 0 Å². The molecule has 0 aromatic carbocycles. The summed E-state index contributed by atoms with van der Waals surface area (Å²) in [7, 11) is 0. The first kappa shape index (κ1) is 19.1. The fraction of sp³-hybridized carbons (Fsp3) is 0.833. The van der Waals surface area contributed by atoms with Gasteiger partial charge in [-0.25, -0.2) is 4.79 Å². The lowest BCUT2D eigenvalue weighted by atomic mass is 10.0. The van der Waals surface area contributed by atoms with Crippen LogP contribution in [0.25, 0.3) is 0 Å². The maximum atomic E-state index is 10.1. The lowest BCUT2D eigenvalue weighted by molar-refractivity contribution is -0.107. The predicted octanol–water partition coefficient (Wildman–Crippen LogP) is 5.42. The van der Waals surface area contributed by atoms with E-state index in [1.807, 2.05) is 5.94 Å². The van der Waals surface area contributed by atoms with Gasteiger partial charge < -0.3 is 4.79 Å². The molecule has 0 saturated carbocycles. The molecule has 0 unspecified atom stereocenters. The zero-order chi connectivity index (χ0) is 14.7. The van der Waals surface area contributed by atoms with E-state index in [1.165, 1.54) is 70.6 Å². The van der Waals surface area contributed by atoms with E-state index in [1.54, 1.807) is 6.08 Å². The number of carbonyl (C=O) groups is 1. The van der Waals surface area contributed by atoms with Gasteiger partial charge in [-0.1, -0.05) is 70.6 Å². The Hall–Kier alpha value is -0.880. The van der Waals surface area contributed by atoms with Crippen LogP contribution >= 0.6 is 0 Å². The molecule has 0 aromatic rings. The Kier molecular flexibility index (Phi) is 17.3. The molecule has 116 valence electrons. The second-order valence-electron chi connectivity index (χ2n) is 5.66. The van der Waals surface area contributed by atoms with Gasteiger partial charge in [0.25, 0.3) is 0 Å². The SMILES string of the molecule is O=C=CCCCCCCCCCCCCCCCC=O. The Bertz CT molecular complexity index is 242. The van der Waals surface area contributed by atoms with Crippen LogP contribution in [-0.2, 0) is 9.59 Å². The fourth-order valence-corrected chi connectivity index (χ4v) is 2.48. The zero-order valence-electron chi connectivity index (χ0n) is 13.1. The number of hydrogen-bond acceptors (Lipinski definition) is 2. The summed E-state index contributed by atoms with van der Waals surface area (Å²) in [5.74, 6) is 1.83. The van der Waals surface area contributed by atoms with E-state index in [0.29, 0.717) is 0 Å². The summed E-state index contributed by atoms with van der Waals surface area (Å²) >= 11 is 0. The molecule has 0 rings (SSSR count). The summed E-state index contributed by atoms with van der Waals surface area (Å²) in [5, 5.41) is 0. The van der Waals surface area contributed by atoms with Crippen molar-refractivity contribution in [1.29, 1.82) is 0 Å². The van der Waals surface area contributed by atoms with Crippen LogP contribution in [-0.4, -0.2) is 12.2 Å². The molecule has 0 atom stereocenters. The summed E-state index contributed by atoms with van der Waals surface area (Å²) in [6.45, 7) is 0. The van der Waals surface area contributed by atoms with E-state index in [-0.39, 0.29) is 0 Å². The third-order valence-corrected chi connectivity index (χ3v) is 3.75. The van der Waals surface area contributed by atoms with Crippen LogP contribution < -0.4 is 0 Å². The third-order valence-electron chi connectivity index (χ3n) is 3.75. The Labute approximate surface area is 125 Å². The van der Waals surface area contributed by atoms with Gasteiger partial charge in [0, 0.05) is 6.42 Å². The van der Waals surface area contributed by atoms with Crippen molar-refractivity contribution in [2.24, 2.45) is 0 Å². The van der Waals surface area contributed by atoms with Gasteiger partial charge in [0.1, 0.15) is 12.2 Å². The van der Waals surface area contributed by atoms with Gasteiger partial charge in [0.2, 0.25) is 0 Å². The second kappa shape index (κ2) is 18.1. The zero-order valence-corrected chi connectivity index (χ0v) is 13.1. The highest BCUT2D eigenvalue weighted by molar-refractivity contribution is 5.48. The number of aldehydes is 1. The maximum absolute atomic E-state index is 10.1. The van der Waals surface area contributed by atoms with Crippen molar-refractivity contribution in [3.63, 3.8) is 0 Å². The highest BCUT2D eigenvalue weighted by atomic mass is 16.1. The van der Waals surface area contributed by atoms with E-state index in [4.69, 9.17) is 0 Å². The molecule has 20 heavy (non-hydrogen) atoms. The Morgan fingerprint density at radius 1 is 0.550 bits per heavy atom. The molecule has 0 N–H and O–H groups in total. The maximum Gasteiger partial charge on any atom is 0.120 e. The van der Waals surface area contributed by atoms with E-state index in [9.17, 15) is 9.59 Å². The van der Waals surface area contributed by atoms with Gasteiger partial charge in [0.05, 0.1) is 0 Å². The van der Waals surface area contributed by atoms with Crippen LogP contribution in [0.5, 0.6) is 0 Å². The molecule has 0 aliphatic rings. The molecule has 0 bridgehead atoms. The topological polar surface area (TPSA) is 34.1 Å². The Morgan fingerprint density at radius 3 is 1.25 bits per heavy atom. The highest BCUT2D eigenvalue weighted by Crippen LogP contribution is 2.13. The van der Waals surface area contributed by atoms with Crippen molar-refractivity contribution < 1.29 is 9.59 Å². The molecular formula is C18H32O2. The largest absolute Gasteiger partial charge is 0.303 e. The van der Waals surface area contributed by atoms with Crippen LogP contribution in [0.4, 0.5) is 0 Å². The molecule has 0 heterocycles. The Balaban J connectivity index is 2.95. The number of hydrogen-bond donors (Lipinski definition) is 0. The minimum absolute atomic E-state index is 0.742. The normalized spacial score (nSPS) is 10.2. The molecule has 0 aliphatic heterocycles. The highest BCUT2D eigenvalue weighted by Gasteiger charge is 1.94. The molecule has 0 saturated heterocycles. The van der Waals surface area contributed by atoms with Gasteiger partial charge in [-0.2, -0.15) is 0 Å². The number of unbranched alkanes of at least 4 members (excludes halogenated alkanes) is 14. The van der Waals surface area contributed by atoms with E-state index >= 15 is 0 Å². The molecule has 0 aromatic heterocycles. The van der Waals surface area contributed by atoms with Crippen molar-refractivity contribution in [2.45, 2.75) is 96.3 Å². The first-order valence-electron chi connectivity index (χ1n) is 8.54. The lowest BCUT2D eigenvalue weighted by Gasteiger charge is -2.02. The van der Waals surface area contributed by atoms with Gasteiger partial charge in [-0.3, -0.25) is 0 Å². The minimum atomic E-state index is 0.742. The second-order valence-corrected chi connectivity index (χ2v) is 5.66. The summed E-state index contributed by atoms with van der Waals surface area (Å²) in [4.78, 5) is 20.1. The average Bonchev–Trinajstić information content (AvgIpc) is 2.47. The van der Waals surface area contributed by atoms with E-state index in [2.05, 4.69) is 0 Å². The molecule has 0 fully saturated rings. The number of allylic oxidation sites excluding steroid dienone is 1. The van der Waals surface area contributed by atoms with Crippen molar-refractivity contribution in [3.05, 3.63) is 6.08 Å². The third kappa shape index (κ3) is 17.1. The van der Waals surface area contributed by atoms with Crippen LogP contribution in [0.2, 0.25) is 0 Å². The quantitative estimate of drug-likeness (QED) is 0.215. The van der Waals surface area contributed by atoms with Gasteiger partial charge in [-0.05, 0) is 25.3 Å². The molecule has 0 aliphatic carbocycles. The van der Waals surface area contributed by atoms with Crippen molar-refractivity contribution >= 4 is 12.2 Å². The standard InChI is InChI=1S/C18H32O2/c19-17-15-13-11-9-7-5-3-1-2-4-6-8-10-12-14-16-18-20/h15,18H,1-14,16H2. The van der Waals surface area contributed by atoms with Crippen molar-refractivity contribution in [1.82, 2.24) is 0 Å². The lowest BCUT2D eigenvalue weighted by Crippen LogP contribution is -1.83.